The molecular formula is C22H21N3O3S. The van der Waals surface area contributed by atoms with Crippen LogP contribution in [0.5, 0.6) is 0 Å². The van der Waals surface area contributed by atoms with Crippen LogP contribution in [0.3, 0.4) is 0 Å². The zero-order chi connectivity index (χ0) is 20.9. The van der Waals surface area contributed by atoms with Gasteiger partial charge >= 0.3 is 0 Å². The average molecular weight is 407 g/mol. The van der Waals surface area contributed by atoms with Crippen LogP contribution in [0.25, 0.3) is 10.2 Å². The highest BCUT2D eigenvalue weighted by Crippen LogP contribution is 2.35. The summed E-state index contributed by atoms with van der Waals surface area (Å²) in [7, 11) is 0. The molecule has 29 heavy (non-hydrogen) atoms. The maximum Gasteiger partial charge on any atom is 0.268 e. The first-order valence-electron chi connectivity index (χ1n) is 9.50. The van der Waals surface area contributed by atoms with Crippen molar-refractivity contribution in [1.82, 2.24) is 9.88 Å². The Balaban J connectivity index is 1.71. The van der Waals surface area contributed by atoms with E-state index in [-0.39, 0.29) is 29.8 Å². The molecule has 0 N–H and O–H groups in total. The summed E-state index contributed by atoms with van der Waals surface area (Å²) in [6.45, 7) is 7.96. The molecule has 0 bridgehead atoms. The number of benzene rings is 2. The Labute approximate surface area is 172 Å². The van der Waals surface area contributed by atoms with E-state index in [1.54, 1.807) is 42.5 Å². The number of carbonyl (C=O) groups is 3. The van der Waals surface area contributed by atoms with Gasteiger partial charge in [-0.2, -0.15) is 0 Å². The Morgan fingerprint density at radius 1 is 0.966 bits per heavy atom. The number of nitrogens with zero attached hydrogens (tertiary/aromatic N) is 3. The molecule has 2 aromatic carbocycles. The van der Waals surface area contributed by atoms with Crippen LogP contribution in [0, 0.1) is 0 Å². The van der Waals surface area contributed by atoms with Crippen LogP contribution in [-0.4, -0.2) is 39.7 Å². The van der Waals surface area contributed by atoms with Gasteiger partial charge < -0.3 is 4.90 Å². The van der Waals surface area contributed by atoms with Crippen molar-refractivity contribution in [2.24, 2.45) is 0 Å². The second kappa shape index (κ2) is 7.08. The smallest absolute Gasteiger partial charge is 0.268 e. The Kier molecular flexibility index (Phi) is 4.70. The fourth-order valence-electron chi connectivity index (χ4n) is 3.72. The van der Waals surface area contributed by atoms with Gasteiger partial charge in [-0.1, -0.05) is 23.5 Å². The Hall–Kier alpha value is -3.06. The number of imide groups is 1. The van der Waals surface area contributed by atoms with Crippen molar-refractivity contribution in [2.75, 3.05) is 4.90 Å². The van der Waals surface area contributed by atoms with Gasteiger partial charge in [0.2, 0.25) is 5.13 Å². The molecule has 0 unspecified atom stereocenters. The van der Waals surface area contributed by atoms with Gasteiger partial charge in [-0.15, -0.1) is 0 Å². The van der Waals surface area contributed by atoms with Crippen LogP contribution in [-0.2, 0) is 0 Å². The second-order valence-electron chi connectivity index (χ2n) is 7.57. The molecule has 3 aromatic rings. The first-order valence-corrected chi connectivity index (χ1v) is 10.3. The van der Waals surface area contributed by atoms with Crippen molar-refractivity contribution in [3.63, 3.8) is 0 Å². The summed E-state index contributed by atoms with van der Waals surface area (Å²) in [6, 6.07) is 12.2. The van der Waals surface area contributed by atoms with E-state index < -0.39 is 0 Å². The summed E-state index contributed by atoms with van der Waals surface area (Å²) in [5.74, 6) is -0.786. The third kappa shape index (κ3) is 3.11. The Morgan fingerprint density at radius 2 is 1.55 bits per heavy atom. The van der Waals surface area contributed by atoms with Crippen molar-refractivity contribution in [3.8, 4) is 0 Å². The monoisotopic (exact) mass is 407 g/mol. The van der Waals surface area contributed by atoms with Crippen LogP contribution in [0.2, 0.25) is 0 Å². The minimum atomic E-state index is -0.369. The van der Waals surface area contributed by atoms with Crippen molar-refractivity contribution in [2.45, 2.75) is 39.8 Å². The number of fused-ring (bicyclic) bond motifs is 2. The van der Waals surface area contributed by atoms with E-state index in [2.05, 4.69) is 4.98 Å². The van der Waals surface area contributed by atoms with Crippen molar-refractivity contribution in [1.29, 1.82) is 0 Å². The largest absolute Gasteiger partial charge is 0.334 e. The molecule has 0 saturated heterocycles. The number of aromatic nitrogens is 1. The van der Waals surface area contributed by atoms with E-state index in [4.69, 9.17) is 0 Å². The number of anilines is 1. The number of rotatable bonds is 4. The Morgan fingerprint density at radius 3 is 2.10 bits per heavy atom. The van der Waals surface area contributed by atoms with Gasteiger partial charge in [-0.05, 0) is 58.0 Å². The number of carbonyl (C=O) groups excluding carboxylic acids is 3. The summed E-state index contributed by atoms with van der Waals surface area (Å²) in [4.78, 5) is 45.8. The lowest BCUT2D eigenvalue weighted by Crippen LogP contribution is -2.42. The van der Waals surface area contributed by atoms with E-state index in [9.17, 15) is 14.4 Å². The zero-order valence-corrected chi connectivity index (χ0v) is 17.5. The molecule has 6 nitrogen and oxygen atoms in total. The molecule has 2 heterocycles. The first kappa shape index (κ1) is 19.3. The normalized spacial score (nSPS) is 13.7. The van der Waals surface area contributed by atoms with Crippen LogP contribution in [0.15, 0.2) is 42.5 Å². The number of amides is 3. The topological polar surface area (TPSA) is 70.6 Å². The lowest BCUT2D eigenvalue weighted by atomic mass is 10.1. The van der Waals surface area contributed by atoms with Crippen LogP contribution >= 0.6 is 11.3 Å². The van der Waals surface area contributed by atoms with Crippen LogP contribution < -0.4 is 4.90 Å². The lowest BCUT2D eigenvalue weighted by Gasteiger charge is -2.30. The second-order valence-corrected chi connectivity index (χ2v) is 8.58. The summed E-state index contributed by atoms with van der Waals surface area (Å²) in [6.07, 6.45) is 0. The first-order chi connectivity index (χ1) is 13.8. The molecule has 0 saturated carbocycles. The van der Waals surface area contributed by atoms with Gasteiger partial charge in [0.05, 0.1) is 21.3 Å². The summed E-state index contributed by atoms with van der Waals surface area (Å²) >= 11 is 1.24. The van der Waals surface area contributed by atoms with Gasteiger partial charge in [-0.25, -0.2) is 9.88 Å². The molecule has 7 heteroatoms. The third-order valence-electron chi connectivity index (χ3n) is 4.96. The van der Waals surface area contributed by atoms with Gasteiger partial charge in [-0.3, -0.25) is 14.4 Å². The van der Waals surface area contributed by atoms with E-state index in [0.717, 1.165) is 9.60 Å². The molecule has 0 spiro atoms. The maximum atomic E-state index is 13.0. The van der Waals surface area contributed by atoms with Crippen molar-refractivity contribution < 1.29 is 14.4 Å². The zero-order valence-electron chi connectivity index (χ0n) is 16.7. The predicted octanol–water partition coefficient (Wildman–Crippen LogP) is 4.36. The average Bonchev–Trinajstić information content (AvgIpc) is 3.19. The molecule has 0 fully saturated rings. The summed E-state index contributed by atoms with van der Waals surface area (Å²) in [5.41, 5.74) is 1.99. The summed E-state index contributed by atoms with van der Waals surface area (Å²) in [5, 5.41) is 0.320. The summed E-state index contributed by atoms with van der Waals surface area (Å²) < 4.78 is 0.759. The molecule has 0 atom stereocenters. The SMILES string of the molecule is CC(C)N(C(=O)c1ccc2nc(N3C(=O)c4ccccc4C3=O)sc2c1)C(C)C. The van der Waals surface area contributed by atoms with Gasteiger partial charge in [0.25, 0.3) is 17.7 Å². The quantitative estimate of drug-likeness (QED) is 0.603. The molecule has 0 aliphatic carbocycles. The number of hydrogen-bond acceptors (Lipinski definition) is 5. The highest BCUT2D eigenvalue weighted by Gasteiger charge is 2.38. The molecule has 148 valence electrons. The molecular weight excluding hydrogens is 386 g/mol. The van der Waals surface area contributed by atoms with E-state index >= 15 is 0 Å². The molecule has 4 rings (SSSR count). The van der Waals surface area contributed by atoms with E-state index in [1.807, 2.05) is 32.6 Å². The van der Waals surface area contributed by atoms with Crippen LogP contribution in [0.4, 0.5) is 5.13 Å². The molecule has 1 aromatic heterocycles. The van der Waals surface area contributed by atoms with Gasteiger partial charge in [0.15, 0.2) is 0 Å². The fourth-order valence-corrected chi connectivity index (χ4v) is 4.72. The standard InChI is InChI=1S/C22H21N3O3S/c1-12(2)24(13(3)4)19(26)14-9-10-17-18(11-14)29-22(23-17)25-20(27)15-7-5-6-8-16(15)21(25)28/h5-13H,1-4H3. The lowest BCUT2D eigenvalue weighted by molar-refractivity contribution is 0.0643. The molecule has 0 radical (unpaired) electrons. The number of thiazole rings is 1. The Bertz CT molecular complexity index is 1110. The third-order valence-corrected chi connectivity index (χ3v) is 5.96. The highest BCUT2D eigenvalue weighted by atomic mass is 32.1. The van der Waals surface area contributed by atoms with Crippen molar-refractivity contribution in [3.05, 3.63) is 59.2 Å². The minimum Gasteiger partial charge on any atom is -0.334 e. The fraction of sp³-hybridized carbons (Fsp3) is 0.273. The van der Waals surface area contributed by atoms with E-state index in [0.29, 0.717) is 27.3 Å². The van der Waals surface area contributed by atoms with E-state index in [1.165, 1.54) is 11.3 Å². The van der Waals surface area contributed by atoms with Crippen LogP contribution in [0.1, 0.15) is 58.8 Å². The predicted molar refractivity (Wildman–Crippen MR) is 114 cm³/mol. The molecule has 1 aliphatic heterocycles. The van der Waals surface area contributed by atoms with Gasteiger partial charge in [0.1, 0.15) is 0 Å². The molecule has 1 aliphatic rings. The highest BCUT2D eigenvalue weighted by molar-refractivity contribution is 7.22. The molecule has 3 amide bonds. The van der Waals surface area contributed by atoms with Crippen molar-refractivity contribution >= 4 is 44.4 Å². The van der Waals surface area contributed by atoms with Gasteiger partial charge in [0, 0.05) is 17.6 Å². The minimum absolute atomic E-state index is 0.0485. The maximum absolute atomic E-state index is 13.0. The number of hydrogen-bond donors (Lipinski definition) is 0.